The zero-order valence-corrected chi connectivity index (χ0v) is 23.0. The number of phenols is 1. The molecule has 39 heavy (non-hydrogen) atoms. The summed E-state index contributed by atoms with van der Waals surface area (Å²) in [5.74, 6) is 2.33. The minimum atomic E-state index is 0. The van der Waals surface area contributed by atoms with Gasteiger partial charge in [0.05, 0.1) is 18.1 Å². The number of ether oxygens (including phenoxy) is 3. The third-order valence-electron chi connectivity index (χ3n) is 8.19. The summed E-state index contributed by atoms with van der Waals surface area (Å²) in [6.07, 6.45) is 2.98. The fourth-order valence-electron chi connectivity index (χ4n) is 6.02. The van der Waals surface area contributed by atoms with Crippen molar-refractivity contribution < 1.29 is 36.3 Å². The van der Waals surface area contributed by atoms with Gasteiger partial charge < -0.3 is 36.6 Å². The predicted octanol–water partition coefficient (Wildman–Crippen LogP) is 1.43. The Labute approximate surface area is 234 Å². The first-order valence-corrected chi connectivity index (χ1v) is 13.3. The molecule has 4 aromatic rings. The van der Waals surface area contributed by atoms with E-state index in [4.69, 9.17) is 14.2 Å². The zero-order chi connectivity index (χ0) is 25.8. The van der Waals surface area contributed by atoms with Crippen LogP contribution in [0.5, 0.6) is 23.0 Å². The van der Waals surface area contributed by atoms with Crippen molar-refractivity contribution in [2.75, 3.05) is 45.0 Å². The molecular formula is C31H32ClN3O4. The highest BCUT2D eigenvalue weighted by Crippen LogP contribution is 2.42. The standard InChI is InChI=1S/C31H31N3O4.ClH/c1-20-3-5-23(6-4-20)33-11-9-32(10-12-33)17-22-14-30(36-2)31(35)26-18-34-8-7-21-13-28-29(38-19-37-28)16-25(21)27(34)15-24(22)26;/h3-6,13-16,18H,7-12,17,19H2,1-2H3;1H. The van der Waals surface area contributed by atoms with Crippen LogP contribution in [0.25, 0.3) is 22.0 Å². The van der Waals surface area contributed by atoms with Crippen LogP contribution >= 0.6 is 0 Å². The average Bonchev–Trinajstić information content (AvgIpc) is 3.41. The lowest BCUT2D eigenvalue weighted by Gasteiger charge is -2.36. The van der Waals surface area contributed by atoms with E-state index in [2.05, 4.69) is 70.0 Å². The molecule has 0 bridgehead atoms. The summed E-state index contributed by atoms with van der Waals surface area (Å²) in [6.45, 7) is 7.96. The van der Waals surface area contributed by atoms with E-state index in [1.807, 2.05) is 6.07 Å². The molecule has 7 rings (SSSR count). The molecule has 0 saturated carbocycles. The Hall–Kier alpha value is -3.68. The van der Waals surface area contributed by atoms with Crippen LogP contribution in [-0.4, -0.2) is 50.1 Å². The van der Waals surface area contributed by atoms with E-state index in [-0.39, 0.29) is 24.9 Å². The second-order valence-electron chi connectivity index (χ2n) is 10.5. The van der Waals surface area contributed by atoms with E-state index >= 15 is 0 Å². The molecule has 0 amide bonds. The highest BCUT2D eigenvalue weighted by molar-refractivity contribution is 5.94. The number of methoxy groups -OCH3 is 1. The first-order valence-electron chi connectivity index (χ1n) is 13.3. The van der Waals surface area contributed by atoms with Gasteiger partial charge in [0.25, 0.3) is 0 Å². The van der Waals surface area contributed by atoms with Gasteiger partial charge in [-0.25, -0.2) is 0 Å². The molecule has 1 fully saturated rings. The number of piperazine rings is 1. The summed E-state index contributed by atoms with van der Waals surface area (Å²) in [6, 6.07) is 17.2. The van der Waals surface area contributed by atoms with Gasteiger partial charge in [-0.05, 0) is 48.4 Å². The molecule has 3 aromatic carbocycles. The number of aromatic hydroxyl groups is 1. The van der Waals surface area contributed by atoms with Crippen molar-refractivity contribution in [2.24, 2.45) is 0 Å². The van der Waals surface area contributed by atoms with Crippen LogP contribution in [0.4, 0.5) is 5.69 Å². The summed E-state index contributed by atoms with van der Waals surface area (Å²) in [4.78, 5) is 4.95. The van der Waals surface area contributed by atoms with E-state index in [0.29, 0.717) is 5.75 Å². The van der Waals surface area contributed by atoms with Crippen molar-refractivity contribution >= 4 is 16.5 Å². The summed E-state index contributed by atoms with van der Waals surface area (Å²) >= 11 is 0. The van der Waals surface area contributed by atoms with Crippen LogP contribution in [0.2, 0.25) is 0 Å². The molecule has 3 aliphatic heterocycles. The maximum atomic E-state index is 11.1. The largest absolute Gasteiger partial charge is 1.00 e. The quantitative estimate of drug-likeness (QED) is 0.392. The maximum Gasteiger partial charge on any atom is 0.231 e. The zero-order valence-electron chi connectivity index (χ0n) is 22.2. The topological polar surface area (TPSA) is 58.3 Å². The van der Waals surface area contributed by atoms with Crippen molar-refractivity contribution in [3.05, 3.63) is 71.4 Å². The van der Waals surface area contributed by atoms with Crippen LogP contribution < -0.4 is 36.1 Å². The lowest BCUT2D eigenvalue weighted by atomic mass is 9.94. The van der Waals surface area contributed by atoms with E-state index in [1.54, 1.807) is 7.11 Å². The van der Waals surface area contributed by atoms with Crippen LogP contribution in [0.1, 0.15) is 16.7 Å². The number of anilines is 1. The van der Waals surface area contributed by atoms with Crippen molar-refractivity contribution in [3.63, 3.8) is 0 Å². The summed E-state index contributed by atoms with van der Waals surface area (Å²) < 4.78 is 19.1. The fourth-order valence-corrected chi connectivity index (χ4v) is 6.02. The van der Waals surface area contributed by atoms with Crippen LogP contribution in [-0.2, 0) is 19.5 Å². The minimum Gasteiger partial charge on any atom is -1.00 e. The molecule has 0 spiro atoms. The summed E-state index contributed by atoms with van der Waals surface area (Å²) in [7, 11) is 1.62. The number of aromatic nitrogens is 1. The van der Waals surface area contributed by atoms with Crippen molar-refractivity contribution in [1.82, 2.24) is 4.90 Å². The SMILES string of the molecule is COc1cc(CN2CCN(c3ccc(C)cc3)CC2)c2cc3[n+](cc2c1O)CCc1cc2c(cc1-3)OCO2.[Cl-]. The Morgan fingerprint density at radius 2 is 1.69 bits per heavy atom. The van der Waals surface area contributed by atoms with E-state index in [0.717, 1.165) is 84.8 Å². The lowest BCUT2D eigenvalue weighted by molar-refractivity contribution is -0.686. The summed E-state index contributed by atoms with van der Waals surface area (Å²) in [5.41, 5.74) is 7.29. The molecule has 0 atom stereocenters. The van der Waals surface area contributed by atoms with Gasteiger partial charge in [0.15, 0.2) is 35.7 Å². The Balaban J connectivity index is 0.00000277. The van der Waals surface area contributed by atoms with Crippen LogP contribution in [0, 0.1) is 6.92 Å². The number of halogens is 1. The minimum absolute atomic E-state index is 0. The number of fused-ring (bicyclic) bond motifs is 5. The number of phenolic OH excluding ortho intramolecular Hbond substituents is 1. The monoisotopic (exact) mass is 545 g/mol. The summed E-state index contributed by atoms with van der Waals surface area (Å²) in [5, 5.41) is 13.0. The molecule has 1 aromatic heterocycles. The molecule has 7 nitrogen and oxygen atoms in total. The highest BCUT2D eigenvalue weighted by atomic mass is 35.5. The Bertz CT molecular complexity index is 1550. The third-order valence-corrected chi connectivity index (χ3v) is 8.19. The molecule has 4 heterocycles. The van der Waals surface area contributed by atoms with Gasteiger partial charge in [-0.1, -0.05) is 17.7 Å². The van der Waals surface area contributed by atoms with Gasteiger partial charge >= 0.3 is 0 Å². The Morgan fingerprint density at radius 1 is 0.949 bits per heavy atom. The molecule has 8 heteroatoms. The molecular weight excluding hydrogens is 514 g/mol. The van der Waals surface area contributed by atoms with Gasteiger partial charge in [-0.3, -0.25) is 4.90 Å². The molecule has 0 radical (unpaired) electrons. The average molecular weight is 546 g/mol. The molecule has 1 saturated heterocycles. The van der Waals surface area contributed by atoms with Gasteiger partial charge in [0.1, 0.15) is 0 Å². The number of nitrogens with zero attached hydrogens (tertiary/aromatic N) is 3. The number of hydrogen-bond donors (Lipinski definition) is 1. The second kappa shape index (κ2) is 10.1. The third kappa shape index (κ3) is 4.49. The number of aryl methyl sites for hydroxylation is 3. The molecule has 3 aliphatic rings. The molecule has 0 unspecified atom stereocenters. The highest BCUT2D eigenvalue weighted by Gasteiger charge is 2.29. The van der Waals surface area contributed by atoms with E-state index < -0.39 is 0 Å². The molecule has 1 N–H and O–H groups in total. The van der Waals surface area contributed by atoms with Gasteiger partial charge in [0.2, 0.25) is 12.5 Å². The van der Waals surface area contributed by atoms with Crippen LogP contribution in [0.3, 0.4) is 0 Å². The van der Waals surface area contributed by atoms with Crippen molar-refractivity contribution in [3.8, 4) is 34.3 Å². The van der Waals surface area contributed by atoms with Gasteiger partial charge in [-0.15, -0.1) is 0 Å². The van der Waals surface area contributed by atoms with Gasteiger partial charge in [0, 0.05) is 56.3 Å². The van der Waals surface area contributed by atoms with Crippen LogP contribution in [0.15, 0.2) is 54.7 Å². The maximum absolute atomic E-state index is 11.1. The number of pyridine rings is 1. The first kappa shape index (κ1) is 25.6. The second-order valence-corrected chi connectivity index (χ2v) is 10.5. The normalized spacial score (nSPS) is 16.0. The van der Waals surface area contributed by atoms with E-state index in [9.17, 15) is 5.11 Å². The Morgan fingerprint density at radius 3 is 2.44 bits per heavy atom. The predicted molar refractivity (Wildman–Crippen MR) is 146 cm³/mol. The van der Waals surface area contributed by atoms with Crippen molar-refractivity contribution in [1.29, 1.82) is 0 Å². The van der Waals surface area contributed by atoms with Crippen molar-refractivity contribution in [2.45, 2.75) is 26.4 Å². The number of hydrogen-bond acceptors (Lipinski definition) is 6. The Kier molecular flexibility index (Phi) is 6.65. The van der Waals surface area contributed by atoms with E-state index in [1.165, 1.54) is 16.8 Å². The number of benzene rings is 3. The molecule has 202 valence electrons. The smallest absolute Gasteiger partial charge is 0.231 e. The first-order chi connectivity index (χ1) is 18.6. The number of rotatable bonds is 4. The fraction of sp³-hybridized carbons (Fsp3) is 0.323. The molecule has 0 aliphatic carbocycles. The lowest BCUT2D eigenvalue weighted by Crippen LogP contribution is -3.00. The van der Waals surface area contributed by atoms with Gasteiger partial charge in [-0.2, -0.15) is 4.57 Å².